The first-order valence-electron chi connectivity index (χ1n) is 11.1. The van der Waals surface area contributed by atoms with Crippen LogP contribution in [0.4, 0.5) is 5.13 Å². The molecule has 0 saturated carbocycles. The summed E-state index contributed by atoms with van der Waals surface area (Å²) in [5, 5.41) is 18.6. The number of hydrogen-bond donors (Lipinski definition) is 1. The molecule has 9 nitrogen and oxygen atoms in total. The summed E-state index contributed by atoms with van der Waals surface area (Å²) < 4.78 is 17.2. The van der Waals surface area contributed by atoms with Crippen molar-refractivity contribution in [3.05, 3.63) is 54.0 Å². The molecule has 0 spiro atoms. The number of furan rings is 1. The van der Waals surface area contributed by atoms with Crippen LogP contribution < -0.4 is 10.1 Å². The minimum atomic E-state index is -0.279. The molecule has 0 aliphatic carbocycles. The number of ether oxygens (including phenoxy) is 2. The third kappa shape index (κ3) is 5.26. The zero-order valence-corrected chi connectivity index (χ0v) is 20.3. The van der Waals surface area contributed by atoms with Crippen molar-refractivity contribution in [2.45, 2.75) is 35.7 Å². The average Bonchev–Trinajstić information content (AvgIpc) is 3.68. The van der Waals surface area contributed by atoms with Crippen molar-refractivity contribution in [3.8, 4) is 5.75 Å². The maximum Gasteiger partial charge on any atom is 0.253 e. The number of nitrogens with zero attached hydrogens (tertiary/aromatic N) is 4. The first kappa shape index (κ1) is 22.9. The van der Waals surface area contributed by atoms with Gasteiger partial charge in [-0.3, -0.25) is 4.79 Å². The Kier molecular flexibility index (Phi) is 7.12. The van der Waals surface area contributed by atoms with Gasteiger partial charge in [0.1, 0.15) is 17.6 Å². The molecule has 2 aromatic heterocycles. The van der Waals surface area contributed by atoms with Crippen LogP contribution in [0.2, 0.25) is 0 Å². The van der Waals surface area contributed by atoms with Gasteiger partial charge in [0.2, 0.25) is 5.13 Å². The first-order chi connectivity index (χ1) is 16.7. The van der Waals surface area contributed by atoms with E-state index in [2.05, 4.69) is 20.6 Å². The zero-order chi connectivity index (χ0) is 23.3. The van der Waals surface area contributed by atoms with Crippen molar-refractivity contribution in [1.29, 1.82) is 0 Å². The molecule has 11 heteroatoms. The van der Waals surface area contributed by atoms with Crippen LogP contribution >= 0.6 is 23.1 Å². The Labute approximate surface area is 205 Å². The van der Waals surface area contributed by atoms with Crippen LogP contribution in [0.25, 0.3) is 0 Å². The number of thioether (sulfide) groups is 1. The van der Waals surface area contributed by atoms with Gasteiger partial charge in [-0.05, 0) is 54.8 Å². The number of benzene rings is 1. The number of hydrazone groups is 1. The number of amides is 1. The molecule has 5 rings (SSSR count). The van der Waals surface area contributed by atoms with E-state index in [1.54, 1.807) is 13.4 Å². The molecule has 0 bridgehead atoms. The number of rotatable bonds is 9. The standard InChI is InChI=1S/C23H25N5O4S2/c1-30-16-8-6-15(7-9-16)18-12-19(20-5-3-11-32-20)28(27-18)21(29)14-33-23-26-25-22(34-23)24-13-17-4-2-10-31-17/h3,5-9,11,17,19H,2,4,10,12-14H2,1H3,(H,24,25)/t17-,19-/m0/s1. The second kappa shape index (κ2) is 10.6. The lowest BCUT2D eigenvalue weighted by molar-refractivity contribution is -0.130. The molecule has 4 heterocycles. The highest BCUT2D eigenvalue weighted by Gasteiger charge is 2.35. The summed E-state index contributed by atoms with van der Waals surface area (Å²) in [7, 11) is 1.63. The Bertz CT molecular complexity index is 1130. The molecule has 178 valence electrons. The van der Waals surface area contributed by atoms with E-state index in [1.165, 1.54) is 28.1 Å². The van der Waals surface area contributed by atoms with Gasteiger partial charge < -0.3 is 19.2 Å². The summed E-state index contributed by atoms with van der Waals surface area (Å²) in [6.45, 7) is 1.55. The van der Waals surface area contributed by atoms with E-state index in [4.69, 9.17) is 13.9 Å². The summed E-state index contributed by atoms with van der Waals surface area (Å²) in [5.74, 6) is 1.58. The van der Waals surface area contributed by atoms with E-state index >= 15 is 0 Å². The molecule has 2 aliphatic heterocycles. The number of nitrogens with one attached hydrogen (secondary N) is 1. The molecular weight excluding hydrogens is 474 g/mol. The summed E-state index contributed by atoms with van der Waals surface area (Å²) in [4.78, 5) is 13.2. The van der Waals surface area contributed by atoms with E-state index in [1.807, 2.05) is 36.4 Å². The highest BCUT2D eigenvalue weighted by atomic mass is 32.2. The second-order valence-electron chi connectivity index (χ2n) is 7.93. The predicted octanol–water partition coefficient (Wildman–Crippen LogP) is 4.20. The molecule has 0 unspecified atom stereocenters. The number of aromatic nitrogens is 2. The van der Waals surface area contributed by atoms with Gasteiger partial charge >= 0.3 is 0 Å². The SMILES string of the molecule is COc1ccc(C2=NN(C(=O)CSc3nnc(NC[C@@H]4CCCO4)s3)[C@H](c3ccco3)C2)cc1. The molecule has 3 aromatic rings. The van der Waals surface area contributed by atoms with Gasteiger partial charge in [0.25, 0.3) is 5.91 Å². The molecule has 2 atom stereocenters. The molecule has 1 amide bonds. The number of anilines is 1. The van der Waals surface area contributed by atoms with E-state index in [0.717, 1.165) is 52.5 Å². The number of carbonyl (C=O) groups excluding carboxylic acids is 1. The van der Waals surface area contributed by atoms with Crippen LogP contribution in [0.3, 0.4) is 0 Å². The van der Waals surface area contributed by atoms with Crippen molar-refractivity contribution >= 4 is 39.8 Å². The van der Waals surface area contributed by atoms with Crippen molar-refractivity contribution < 1.29 is 18.7 Å². The van der Waals surface area contributed by atoms with Gasteiger partial charge in [0.05, 0.1) is 30.9 Å². The summed E-state index contributed by atoms with van der Waals surface area (Å²) in [6.07, 6.45) is 4.59. The number of methoxy groups -OCH3 is 1. The number of hydrogen-bond acceptors (Lipinski definition) is 10. The van der Waals surface area contributed by atoms with Gasteiger partial charge in [0, 0.05) is 19.6 Å². The third-order valence-electron chi connectivity index (χ3n) is 5.69. The molecule has 0 radical (unpaired) electrons. The van der Waals surface area contributed by atoms with Crippen molar-refractivity contribution in [2.24, 2.45) is 5.10 Å². The lowest BCUT2D eigenvalue weighted by Crippen LogP contribution is -2.28. The minimum Gasteiger partial charge on any atom is -0.497 e. The molecule has 1 fully saturated rings. The smallest absolute Gasteiger partial charge is 0.253 e. The fourth-order valence-corrected chi connectivity index (χ4v) is 5.55. The molecule has 1 aromatic carbocycles. The van der Waals surface area contributed by atoms with Crippen molar-refractivity contribution in [1.82, 2.24) is 15.2 Å². The monoisotopic (exact) mass is 499 g/mol. The quantitative estimate of drug-likeness (QED) is 0.437. The summed E-state index contributed by atoms with van der Waals surface area (Å²) in [6, 6.07) is 11.1. The largest absolute Gasteiger partial charge is 0.497 e. The lowest BCUT2D eigenvalue weighted by atomic mass is 10.0. The van der Waals surface area contributed by atoms with Crippen molar-refractivity contribution in [2.75, 3.05) is 31.3 Å². The second-order valence-corrected chi connectivity index (χ2v) is 10.1. The van der Waals surface area contributed by atoms with Crippen LogP contribution in [0.15, 0.2) is 56.5 Å². The van der Waals surface area contributed by atoms with Gasteiger partial charge in [0.15, 0.2) is 4.34 Å². The molecular formula is C23H25N5O4S2. The molecule has 2 aliphatic rings. The highest BCUT2D eigenvalue weighted by Crippen LogP contribution is 2.35. The van der Waals surface area contributed by atoms with Crippen LogP contribution in [-0.2, 0) is 9.53 Å². The van der Waals surface area contributed by atoms with E-state index in [9.17, 15) is 4.79 Å². The fourth-order valence-electron chi connectivity index (χ4n) is 3.94. The Morgan fingerprint density at radius 1 is 1.29 bits per heavy atom. The van der Waals surface area contributed by atoms with E-state index in [-0.39, 0.29) is 23.8 Å². The molecule has 1 saturated heterocycles. The van der Waals surface area contributed by atoms with Gasteiger partial charge in [-0.25, -0.2) is 5.01 Å². The molecule has 1 N–H and O–H groups in total. The maximum atomic E-state index is 13.2. The maximum absolute atomic E-state index is 13.2. The number of carbonyl (C=O) groups is 1. The Hall–Kier alpha value is -2.89. The zero-order valence-electron chi connectivity index (χ0n) is 18.7. The predicted molar refractivity (Wildman–Crippen MR) is 131 cm³/mol. The summed E-state index contributed by atoms with van der Waals surface area (Å²) >= 11 is 2.80. The minimum absolute atomic E-state index is 0.112. The van der Waals surface area contributed by atoms with Gasteiger partial charge in [-0.2, -0.15) is 5.10 Å². The first-order valence-corrected chi connectivity index (χ1v) is 12.9. The highest BCUT2D eigenvalue weighted by molar-refractivity contribution is 8.01. The lowest BCUT2D eigenvalue weighted by Gasteiger charge is -2.19. The van der Waals surface area contributed by atoms with E-state index in [0.29, 0.717) is 12.2 Å². The van der Waals surface area contributed by atoms with Gasteiger partial charge in [-0.1, -0.05) is 23.1 Å². The van der Waals surface area contributed by atoms with Crippen LogP contribution in [0.5, 0.6) is 5.75 Å². The summed E-state index contributed by atoms with van der Waals surface area (Å²) in [5.41, 5.74) is 1.78. The topological polar surface area (TPSA) is 102 Å². The van der Waals surface area contributed by atoms with Crippen LogP contribution in [0, 0.1) is 0 Å². The Morgan fingerprint density at radius 2 is 2.18 bits per heavy atom. The third-order valence-corrected chi connectivity index (χ3v) is 7.69. The average molecular weight is 500 g/mol. The normalized spacial score (nSPS) is 19.9. The van der Waals surface area contributed by atoms with Crippen LogP contribution in [0.1, 0.15) is 36.6 Å². The van der Waals surface area contributed by atoms with E-state index < -0.39 is 0 Å². The van der Waals surface area contributed by atoms with Gasteiger partial charge in [-0.15, -0.1) is 10.2 Å². The fraction of sp³-hybridized carbons (Fsp3) is 0.391. The van der Waals surface area contributed by atoms with Crippen molar-refractivity contribution in [3.63, 3.8) is 0 Å². The Morgan fingerprint density at radius 3 is 2.91 bits per heavy atom. The molecule has 34 heavy (non-hydrogen) atoms. The van der Waals surface area contributed by atoms with Crippen LogP contribution in [-0.4, -0.2) is 58.9 Å². The Balaban J connectivity index is 1.23.